The third kappa shape index (κ3) is 2.06. The third-order valence-electron chi connectivity index (χ3n) is 3.41. The van der Waals surface area contributed by atoms with Crippen molar-refractivity contribution in [1.29, 1.82) is 0 Å². The maximum atomic E-state index is 5.95. The number of rotatable bonds is 2. The fourth-order valence-electron chi connectivity index (χ4n) is 2.41. The molecule has 1 aliphatic rings. The summed E-state index contributed by atoms with van der Waals surface area (Å²) in [5.74, 6) is 1.02. The van der Waals surface area contributed by atoms with Crippen molar-refractivity contribution >= 4 is 5.82 Å². The maximum Gasteiger partial charge on any atom is 0.149 e. The quantitative estimate of drug-likeness (QED) is 0.730. The van der Waals surface area contributed by atoms with Crippen LogP contribution in [0.5, 0.6) is 0 Å². The Morgan fingerprint density at radius 2 is 2.06 bits per heavy atom. The standard InChI is InChI=1S/C12H16N6/c13-12-9(8-1-4-14-5-2-8)7-11(17-18-12)10-3-6-15-16-10/h3,6-8,14H,1-2,4-5H2,(H2,13,18)(H,15,16). The number of hydrogen-bond acceptors (Lipinski definition) is 5. The van der Waals surface area contributed by atoms with Crippen LogP contribution in [0.4, 0.5) is 5.82 Å². The van der Waals surface area contributed by atoms with Crippen LogP contribution in [0.3, 0.4) is 0 Å². The predicted octanol–water partition coefficient (Wildman–Crippen LogP) is 0.916. The van der Waals surface area contributed by atoms with Gasteiger partial charge in [-0.1, -0.05) is 0 Å². The third-order valence-corrected chi connectivity index (χ3v) is 3.41. The Hall–Kier alpha value is -1.95. The molecule has 2 aromatic rings. The van der Waals surface area contributed by atoms with E-state index < -0.39 is 0 Å². The second kappa shape index (κ2) is 4.73. The molecule has 0 atom stereocenters. The van der Waals surface area contributed by atoms with Gasteiger partial charge in [-0.2, -0.15) is 5.10 Å². The molecule has 4 N–H and O–H groups in total. The fraction of sp³-hybridized carbons (Fsp3) is 0.417. The first-order valence-electron chi connectivity index (χ1n) is 6.18. The molecular weight excluding hydrogens is 228 g/mol. The van der Waals surface area contributed by atoms with Gasteiger partial charge in [0.1, 0.15) is 11.5 Å². The topological polar surface area (TPSA) is 92.5 Å². The van der Waals surface area contributed by atoms with Crippen LogP contribution >= 0.6 is 0 Å². The van der Waals surface area contributed by atoms with E-state index in [0.717, 1.165) is 42.9 Å². The minimum absolute atomic E-state index is 0.475. The largest absolute Gasteiger partial charge is 0.382 e. The summed E-state index contributed by atoms with van der Waals surface area (Å²) < 4.78 is 0. The molecule has 0 unspecified atom stereocenters. The zero-order chi connectivity index (χ0) is 12.4. The lowest BCUT2D eigenvalue weighted by atomic mass is 9.90. The highest BCUT2D eigenvalue weighted by Gasteiger charge is 2.19. The van der Waals surface area contributed by atoms with E-state index in [1.807, 2.05) is 12.1 Å². The van der Waals surface area contributed by atoms with E-state index in [0.29, 0.717) is 11.7 Å². The molecule has 6 heteroatoms. The summed E-state index contributed by atoms with van der Waals surface area (Å²) in [6, 6.07) is 3.91. The van der Waals surface area contributed by atoms with Gasteiger partial charge in [-0.25, -0.2) is 0 Å². The number of aromatic nitrogens is 4. The zero-order valence-corrected chi connectivity index (χ0v) is 10.1. The van der Waals surface area contributed by atoms with Gasteiger partial charge in [-0.3, -0.25) is 5.10 Å². The molecule has 3 rings (SSSR count). The van der Waals surface area contributed by atoms with Crippen LogP contribution in [0.2, 0.25) is 0 Å². The second-order valence-corrected chi connectivity index (χ2v) is 4.56. The molecule has 3 heterocycles. The monoisotopic (exact) mass is 244 g/mol. The summed E-state index contributed by atoms with van der Waals surface area (Å²) in [5, 5.41) is 18.4. The Labute approximate surface area is 105 Å². The van der Waals surface area contributed by atoms with Crippen molar-refractivity contribution in [1.82, 2.24) is 25.7 Å². The van der Waals surface area contributed by atoms with Crippen LogP contribution in [0.25, 0.3) is 11.4 Å². The normalized spacial score (nSPS) is 16.9. The number of nitrogen functional groups attached to an aromatic ring is 1. The van der Waals surface area contributed by atoms with Crippen LogP contribution in [-0.2, 0) is 0 Å². The van der Waals surface area contributed by atoms with Crippen LogP contribution in [-0.4, -0.2) is 33.5 Å². The molecule has 0 aliphatic carbocycles. The molecule has 0 spiro atoms. The zero-order valence-electron chi connectivity index (χ0n) is 10.1. The van der Waals surface area contributed by atoms with Crippen molar-refractivity contribution in [2.75, 3.05) is 18.8 Å². The summed E-state index contributed by atoms with van der Waals surface area (Å²) in [6.45, 7) is 2.07. The van der Waals surface area contributed by atoms with E-state index in [1.165, 1.54) is 0 Å². The lowest BCUT2D eigenvalue weighted by molar-refractivity contribution is 0.460. The first-order valence-corrected chi connectivity index (χ1v) is 6.18. The highest BCUT2D eigenvalue weighted by molar-refractivity contribution is 5.57. The van der Waals surface area contributed by atoms with Gasteiger partial charge in [-0.05, 0) is 44.0 Å². The summed E-state index contributed by atoms with van der Waals surface area (Å²) in [4.78, 5) is 0. The molecule has 0 saturated carbocycles. The van der Waals surface area contributed by atoms with Crippen LogP contribution < -0.4 is 11.1 Å². The average molecular weight is 244 g/mol. The number of H-pyrrole nitrogens is 1. The molecule has 0 radical (unpaired) electrons. The Bertz CT molecular complexity index is 515. The Morgan fingerprint density at radius 1 is 1.22 bits per heavy atom. The smallest absolute Gasteiger partial charge is 0.149 e. The van der Waals surface area contributed by atoms with Crippen molar-refractivity contribution in [2.24, 2.45) is 0 Å². The van der Waals surface area contributed by atoms with Gasteiger partial charge in [0.25, 0.3) is 0 Å². The number of nitrogens with one attached hydrogen (secondary N) is 2. The van der Waals surface area contributed by atoms with Crippen molar-refractivity contribution in [2.45, 2.75) is 18.8 Å². The molecular formula is C12H16N6. The van der Waals surface area contributed by atoms with Gasteiger partial charge in [0.05, 0.1) is 5.69 Å². The van der Waals surface area contributed by atoms with Crippen molar-refractivity contribution in [3.8, 4) is 11.4 Å². The molecule has 0 bridgehead atoms. The number of hydrogen-bond donors (Lipinski definition) is 3. The first kappa shape index (κ1) is 11.2. The Kier molecular flexibility index (Phi) is 2.93. The number of piperidine rings is 1. The molecule has 94 valence electrons. The van der Waals surface area contributed by atoms with Crippen LogP contribution in [0.15, 0.2) is 18.3 Å². The number of nitrogens with two attached hydrogens (primary N) is 1. The van der Waals surface area contributed by atoms with E-state index in [2.05, 4.69) is 25.7 Å². The number of aromatic amines is 1. The summed E-state index contributed by atoms with van der Waals surface area (Å²) in [5.41, 5.74) is 8.74. The van der Waals surface area contributed by atoms with Crippen LogP contribution in [0.1, 0.15) is 24.3 Å². The van der Waals surface area contributed by atoms with Crippen LogP contribution in [0, 0.1) is 0 Å². The molecule has 0 aromatic carbocycles. The maximum absolute atomic E-state index is 5.95. The molecule has 6 nitrogen and oxygen atoms in total. The first-order chi connectivity index (χ1) is 8.84. The van der Waals surface area contributed by atoms with E-state index in [1.54, 1.807) is 6.20 Å². The Balaban J connectivity index is 1.95. The van der Waals surface area contributed by atoms with Crippen molar-refractivity contribution in [3.63, 3.8) is 0 Å². The highest BCUT2D eigenvalue weighted by atomic mass is 15.2. The minimum atomic E-state index is 0.475. The SMILES string of the molecule is Nc1nnc(-c2ccn[nH]2)cc1C1CCNCC1. The predicted molar refractivity (Wildman–Crippen MR) is 68.9 cm³/mol. The molecule has 18 heavy (non-hydrogen) atoms. The molecule has 2 aromatic heterocycles. The number of nitrogens with zero attached hydrogens (tertiary/aromatic N) is 3. The van der Waals surface area contributed by atoms with Gasteiger partial charge in [0.15, 0.2) is 0 Å². The van der Waals surface area contributed by atoms with Crippen molar-refractivity contribution in [3.05, 3.63) is 23.9 Å². The van der Waals surface area contributed by atoms with E-state index in [4.69, 9.17) is 5.73 Å². The van der Waals surface area contributed by atoms with E-state index in [-0.39, 0.29) is 0 Å². The van der Waals surface area contributed by atoms with E-state index >= 15 is 0 Å². The van der Waals surface area contributed by atoms with E-state index in [9.17, 15) is 0 Å². The molecule has 1 fully saturated rings. The van der Waals surface area contributed by atoms with Gasteiger partial charge in [0, 0.05) is 11.8 Å². The average Bonchev–Trinajstić information content (AvgIpc) is 2.94. The molecule has 0 amide bonds. The van der Waals surface area contributed by atoms with Gasteiger partial charge >= 0.3 is 0 Å². The minimum Gasteiger partial charge on any atom is -0.382 e. The summed E-state index contributed by atoms with van der Waals surface area (Å²) in [6.07, 6.45) is 3.90. The van der Waals surface area contributed by atoms with Gasteiger partial charge < -0.3 is 11.1 Å². The highest BCUT2D eigenvalue weighted by Crippen LogP contribution is 2.30. The summed E-state index contributed by atoms with van der Waals surface area (Å²) in [7, 11) is 0. The van der Waals surface area contributed by atoms with Gasteiger partial charge in [-0.15, -0.1) is 10.2 Å². The fourth-order valence-corrected chi connectivity index (χ4v) is 2.41. The molecule has 1 aliphatic heterocycles. The Morgan fingerprint density at radius 3 is 2.78 bits per heavy atom. The summed E-state index contributed by atoms with van der Waals surface area (Å²) >= 11 is 0. The van der Waals surface area contributed by atoms with Crippen molar-refractivity contribution < 1.29 is 0 Å². The number of anilines is 1. The van der Waals surface area contributed by atoms with Gasteiger partial charge in [0.2, 0.25) is 0 Å². The lowest BCUT2D eigenvalue weighted by Crippen LogP contribution is -2.27. The lowest BCUT2D eigenvalue weighted by Gasteiger charge is -2.23. The second-order valence-electron chi connectivity index (χ2n) is 4.56. The molecule has 1 saturated heterocycles.